The second-order valence-electron chi connectivity index (χ2n) is 7.19. The molecule has 0 spiro atoms. The predicted molar refractivity (Wildman–Crippen MR) is 125 cm³/mol. The molecule has 0 bridgehead atoms. The lowest BCUT2D eigenvalue weighted by Crippen LogP contribution is -2.10. The van der Waals surface area contributed by atoms with E-state index in [4.69, 9.17) is 32.0 Å². The lowest BCUT2D eigenvalue weighted by molar-refractivity contribution is 0.0997. The number of hydrogen-bond donors (Lipinski definition) is 1. The Morgan fingerprint density at radius 2 is 1.75 bits per heavy atom. The Kier molecular flexibility index (Phi) is 5.43. The third-order valence-electron chi connectivity index (χ3n) is 4.91. The summed E-state index contributed by atoms with van der Waals surface area (Å²) >= 11 is 12.3. The molecule has 1 N–H and O–H groups in total. The maximum absolute atomic E-state index is 12.7. The number of benzene rings is 3. The third kappa shape index (κ3) is 4.26. The van der Waals surface area contributed by atoms with Crippen LogP contribution in [0.1, 0.15) is 22.0 Å². The van der Waals surface area contributed by atoms with Crippen LogP contribution in [-0.2, 0) is 6.42 Å². The van der Waals surface area contributed by atoms with Crippen LogP contribution in [0.4, 0.5) is 5.69 Å². The van der Waals surface area contributed by atoms with Gasteiger partial charge in [0.25, 0.3) is 5.91 Å². The average Bonchev–Trinajstić information content (AvgIpc) is 3.43. The molecule has 3 aromatic carbocycles. The number of rotatable bonds is 5. The first-order valence-electron chi connectivity index (χ1n) is 9.85. The van der Waals surface area contributed by atoms with Crippen molar-refractivity contribution in [1.29, 1.82) is 0 Å². The van der Waals surface area contributed by atoms with E-state index in [9.17, 15) is 4.79 Å². The maximum Gasteiger partial charge on any atom is 0.291 e. The number of hydrogen-bond acceptors (Lipinski definition) is 4. The molecule has 158 valence electrons. The van der Waals surface area contributed by atoms with Crippen LogP contribution >= 0.6 is 23.2 Å². The number of aromatic nitrogens is 1. The van der Waals surface area contributed by atoms with Gasteiger partial charge < -0.3 is 14.2 Å². The van der Waals surface area contributed by atoms with E-state index in [0.717, 1.165) is 5.56 Å². The van der Waals surface area contributed by atoms with Crippen LogP contribution in [0.25, 0.3) is 22.4 Å². The molecule has 0 saturated heterocycles. The summed E-state index contributed by atoms with van der Waals surface area (Å²) in [6.45, 7) is 0. The first-order valence-corrected chi connectivity index (χ1v) is 10.6. The molecule has 0 fully saturated rings. The highest BCUT2D eigenvalue weighted by Gasteiger charge is 2.15. The number of anilines is 1. The topological polar surface area (TPSA) is 68.3 Å². The van der Waals surface area contributed by atoms with Crippen LogP contribution in [0.3, 0.4) is 0 Å². The molecule has 5 nitrogen and oxygen atoms in total. The molecule has 5 aromatic rings. The second kappa shape index (κ2) is 8.54. The van der Waals surface area contributed by atoms with Gasteiger partial charge in [-0.05, 0) is 54.1 Å². The van der Waals surface area contributed by atoms with Gasteiger partial charge in [-0.15, -0.1) is 0 Å². The molecule has 5 rings (SSSR count). The highest BCUT2D eigenvalue weighted by atomic mass is 35.5. The molecular formula is C25H16Cl2N2O3. The quantitative estimate of drug-likeness (QED) is 0.298. The molecule has 1 amide bonds. The van der Waals surface area contributed by atoms with Gasteiger partial charge in [-0.2, -0.15) is 0 Å². The van der Waals surface area contributed by atoms with Crippen molar-refractivity contribution >= 4 is 45.9 Å². The minimum absolute atomic E-state index is 0.154. The van der Waals surface area contributed by atoms with Gasteiger partial charge in [0, 0.05) is 22.7 Å². The van der Waals surface area contributed by atoms with Gasteiger partial charge in [0.05, 0.1) is 5.02 Å². The molecular weight excluding hydrogens is 447 g/mol. The molecule has 32 heavy (non-hydrogen) atoms. The van der Waals surface area contributed by atoms with Crippen LogP contribution < -0.4 is 5.32 Å². The van der Waals surface area contributed by atoms with Gasteiger partial charge in [0.2, 0.25) is 0 Å². The molecule has 7 heteroatoms. The number of carbonyl (C=O) groups is 1. The summed E-state index contributed by atoms with van der Waals surface area (Å²) in [5.41, 5.74) is 3.64. The molecule has 0 radical (unpaired) electrons. The average molecular weight is 463 g/mol. The summed E-state index contributed by atoms with van der Waals surface area (Å²) in [5, 5.41) is 3.84. The van der Waals surface area contributed by atoms with E-state index in [1.807, 2.05) is 30.3 Å². The van der Waals surface area contributed by atoms with Crippen LogP contribution in [0.5, 0.6) is 0 Å². The van der Waals surface area contributed by atoms with Gasteiger partial charge >= 0.3 is 0 Å². The Hall–Kier alpha value is -3.54. The maximum atomic E-state index is 12.7. The van der Waals surface area contributed by atoms with Crippen LogP contribution in [0, 0.1) is 0 Å². The zero-order valence-electron chi connectivity index (χ0n) is 16.6. The number of furan rings is 1. The highest BCUT2D eigenvalue weighted by Crippen LogP contribution is 2.32. The minimum Gasteiger partial charge on any atom is -0.451 e. The van der Waals surface area contributed by atoms with Crippen molar-refractivity contribution in [3.63, 3.8) is 0 Å². The van der Waals surface area contributed by atoms with Gasteiger partial charge in [-0.1, -0.05) is 53.5 Å². The van der Waals surface area contributed by atoms with Crippen LogP contribution in [0.15, 0.2) is 87.7 Å². The fourth-order valence-electron chi connectivity index (χ4n) is 3.38. The molecule has 2 aromatic heterocycles. The summed E-state index contributed by atoms with van der Waals surface area (Å²) in [5.74, 6) is 0.840. The van der Waals surface area contributed by atoms with Gasteiger partial charge in [-0.25, -0.2) is 4.98 Å². The number of halogens is 2. The van der Waals surface area contributed by atoms with E-state index < -0.39 is 0 Å². The Labute approximate surface area is 193 Å². The van der Waals surface area contributed by atoms with E-state index in [-0.39, 0.29) is 11.7 Å². The minimum atomic E-state index is -0.387. The zero-order valence-corrected chi connectivity index (χ0v) is 18.2. The smallest absolute Gasteiger partial charge is 0.291 e. The van der Waals surface area contributed by atoms with E-state index in [0.29, 0.717) is 50.5 Å². The van der Waals surface area contributed by atoms with Crippen molar-refractivity contribution in [2.45, 2.75) is 6.42 Å². The van der Waals surface area contributed by atoms with E-state index in [1.165, 1.54) is 0 Å². The standard InChI is InChI=1S/C25H16Cl2N2O3/c26-16-6-8-19(27)18(13-16)21-10-11-23(31-21)25(30)28-17-7-9-22-20(14-17)29-24(32-22)12-15-4-2-1-3-5-15/h1-11,13-14H,12H2,(H,28,30). The zero-order chi connectivity index (χ0) is 22.1. The van der Waals surface area contributed by atoms with Crippen molar-refractivity contribution in [1.82, 2.24) is 4.98 Å². The van der Waals surface area contributed by atoms with Crippen molar-refractivity contribution < 1.29 is 13.6 Å². The molecule has 0 saturated carbocycles. The van der Waals surface area contributed by atoms with E-state index in [2.05, 4.69) is 10.3 Å². The van der Waals surface area contributed by atoms with E-state index >= 15 is 0 Å². The molecule has 0 aliphatic heterocycles. The molecule has 0 unspecified atom stereocenters. The van der Waals surface area contributed by atoms with Crippen molar-refractivity contribution in [3.05, 3.63) is 106 Å². The number of fused-ring (bicyclic) bond motifs is 1. The fraction of sp³-hybridized carbons (Fsp3) is 0.0400. The summed E-state index contributed by atoms with van der Waals surface area (Å²) in [7, 11) is 0. The van der Waals surface area contributed by atoms with Crippen molar-refractivity contribution in [2.75, 3.05) is 5.32 Å². The first-order chi connectivity index (χ1) is 15.5. The Bertz CT molecular complexity index is 1420. The summed E-state index contributed by atoms with van der Waals surface area (Å²) in [4.78, 5) is 17.2. The Morgan fingerprint density at radius 3 is 2.59 bits per heavy atom. The molecule has 0 aliphatic carbocycles. The monoisotopic (exact) mass is 462 g/mol. The number of nitrogens with one attached hydrogen (secondary N) is 1. The van der Waals surface area contributed by atoms with Gasteiger partial charge in [0.15, 0.2) is 17.2 Å². The summed E-state index contributed by atoms with van der Waals surface area (Å²) in [6.07, 6.45) is 0.596. The number of nitrogens with zero attached hydrogens (tertiary/aromatic N) is 1. The Balaban J connectivity index is 1.33. The fourth-order valence-corrected chi connectivity index (χ4v) is 3.77. The largest absolute Gasteiger partial charge is 0.451 e. The van der Waals surface area contributed by atoms with Gasteiger partial charge in [0.1, 0.15) is 11.3 Å². The van der Waals surface area contributed by atoms with Crippen molar-refractivity contribution in [3.8, 4) is 11.3 Å². The van der Waals surface area contributed by atoms with Crippen LogP contribution in [-0.4, -0.2) is 10.9 Å². The Morgan fingerprint density at radius 1 is 0.906 bits per heavy atom. The lowest BCUT2D eigenvalue weighted by Gasteiger charge is -2.03. The van der Waals surface area contributed by atoms with Gasteiger partial charge in [-0.3, -0.25) is 4.79 Å². The molecule has 0 atom stereocenters. The van der Waals surface area contributed by atoms with E-state index in [1.54, 1.807) is 48.5 Å². The highest BCUT2D eigenvalue weighted by molar-refractivity contribution is 6.35. The molecule has 2 heterocycles. The molecule has 0 aliphatic rings. The number of amides is 1. The van der Waals surface area contributed by atoms with Crippen molar-refractivity contribution in [2.24, 2.45) is 0 Å². The first kappa shape index (κ1) is 20.4. The lowest BCUT2D eigenvalue weighted by atomic mass is 10.1. The van der Waals surface area contributed by atoms with Crippen LogP contribution in [0.2, 0.25) is 10.0 Å². The predicted octanol–water partition coefficient (Wildman–Crippen LogP) is 7.24. The second-order valence-corrected chi connectivity index (χ2v) is 8.04. The number of carbonyl (C=O) groups excluding carboxylic acids is 1. The summed E-state index contributed by atoms with van der Waals surface area (Å²) in [6, 6.07) is 23.6. The SMILES string of the molecule is O=C(Nc1ccc2oc(Cc3ccccc3)nc2c1)c1ccc(-c2cc(Cl)ccc2Cl)o1. The third-order valence-corrected chi connectivity index (χ3v) is 5.48. The normalized spacial score (nSPS) is 11.1. The summed E-state index contributed by atoms with van der Waals surface area (Å²) < 4.78 is 11.5. The number of oxazole rings is 1.